The van der Waals surface area contributed by atoms with Gasteiger partial charge in [0.15, 0.2) is 5.78 Å². The second-order valence-electron chi connectivity index (χ2n) is 6.64. The van der Waals surface area contributed by atoms with Crippen LogP contribution in [0.3, 0.4) is 0 Å². The highest BCUT2D eigenvalue weighted by atomic mass is 19.1. The summed E-state index contributed by atoms with van der Waals surface area (Å²) in [6.45, 7) is 4.86. The smallest absolute Gasteiger partial charge is 0.165 e. The number of hydrogen-bond acceptors (Lipinski definition) is 4. The fourth-order valence-electron chi connectivity index (χ4n) is 3.36. The van der Waals surface area contributed by atoms with Crippen LogP contribution in [0.25, 0.3) is 0 Å². The lowest BCUT2D eigenvalue weighted by molar-refractivity contribution is 0.0970. The summed E-state index contributed by atoms with van der Waals surface area (Å²) in [6.07, 6.45) is 1.14. The lowest BCUT2D eigenvalue weighted by atomic mass is 10.1. The Labute approximate surface area is 154 Å². The van der Waals surface area contributed by atoms with Gasteiger partial charge in [0.05, 0.1) is 5.56 Å². The highest BCUT2D eigenvalue weighted by molar-refractivity contribution is 5.96. The molecule has 5 heteroatoms. The van der Waals surface area contributed by atoms with Crippen molar-refractivity contribution in [1.29, 1.82) is 0 Å². The van der Waals surface area contributed by atoms with E-state index in [0.29, 0.717) is 12.1 Å². The minimum Gasteiger partial charge on any atom is -0.388 e. The zero-order valence-electron chi connectivity index (χ0n) is 15.2. The highest BCUT2D eigenvalue weighted by Crippen LogP contribution is 2.18. The number of para-hydroxylation sites is 1. The summed E-state index contributed by atoms with van der Waals surface area (Å²) in [7, 11) is 1.73. The maximum Gasteiger partial charge on any atom is 0.165 e. The van der Waals surface area contributed by atoms with Crippen LogP contribution in [0.4, 0.5) is 15.8 Å². The molecule has 4 nitrogen and oxygen atoms in total. The topological polar surface area (TPSA) is 35.6 Å². The van der Waals surface area contributed by atoms with Gasteiger partial charge >= 0.3 is 0 Å². The number of halogens is 1. The van der Waals surface area contributed by atoms with Crippen LogP contribution in [0.5, 0.6) is 0 Å². The number of ketones is 1. The van der Waals surface area contributed by atoms with Crippen LogP contribution in [0.2, 0.25) is 0 Å². The van der Waals surface area contributed by atoms with E-state index in [0.717, 1.165) is 39.1 Å². The summed E-state index contributed by atoms with van der Waals surface area (Å²) in [4.78, 5) is 17.0. The largest absolute Gasteiger partial charge is 0.388 e. The Hall–Kier alpha value is -2.40. The molecule has 1 saturated heterocycles. The number of rotatable bonds is 7. The number of hydrogen-bond donors (Lipinski definition) is 1. The molecule has 0 aliphatic carbocycles. The minimum absolute atomic E-state index is 0.118. The van der Waals surface area contributed by atoms with Crippen molar-refractivity contribution in [2.24, 2.45) is 0 Å². The Morgan fingerprint density at radius 3 is 2.46 bits per heavy atom. The van der Waals surface area contributed by atoms with Gasteiger partial charge in [-0.25, -0.2) is 4.39 Å². The molecule has 1 fully saturated rings. The highest BCUT2D eigenvalue weighted by Gasteiger charge is 2.18. The van der Waals surface area contributed by atoms with Gasteiger partial charge in [0.25, 0.3) is 0 Å². The van der Waals surface area contributed by atoms with Gasteiger partial charge in [-0.05, 0) is 43.3 Å². The molecular formula is C21H26FN3O. The molecule has 138 valence electrons. The summed E-state index contributed by atoms with van der Waals surface area (Å²) in [5.41, 5.74) is 2.14. The number of carbonyl (C=O) groups excluding carboxylic acids is 1. The SMILES string of the molecule is CNc1ccc(C(=O)CCCN2CCN(c3ccccc3)CC2)c(F)c1. The number of nitrogens with zero attached hydrogens (tertiary/aromatic N) is 2. The van der Waals surface area contributed by atoms with Crippen molar-refractivity contribution >= 4 is 17.2 Å². The van der Waals surface area contributed by atoms with Gasteiger partial charge in [0.1, 0.15) is 5.82 Å². The molecule has 1 heterocycles. The first-order valence-corrected chi connectivity index (χ1v) is 9.20. The number of anilines is 2. The predicted molar refractivity (Wildman–Crippen MR) is 105 cm³/mol. The van der Waals surface area contributed by atoms with E-state index in [1.807, 2.05) is 6.07 Å². The maximum atomic E-state index is 14.0. The Kier molecular flexibility index (Phi) is 6.23. The van der Waals surface area contributed by atoms with E-state index in [2.05, 4.69) is 39.4 Å². The van der Waals surface area contributed by atoms with Crippen LogP contribution < -0.4 is 10.2 Å². The van der Waals surface area contributed by atoms with Crippen molar-refractivity contribution in [2.75, 3.05) is 50.0 Å². The predicted octanol–water partition coefficient (Wildman–Crippen LogP) is 3.65. The van der Waals surface area contributed by atoms with Crippen LogP contribution in [0.15, 0.2) is 48.5 Å². The maximum absolute atomic E-state index is 14.0. The Balaban J connectivity index is 1.42. The first kappa shape index (κ1) is 18.4. The zero-order valence-corrected chi connectivity index (χ0v) is 15.2. The fraction of sp³-hybridized carbons (Fsp3) is 0.381. The standard InChI is InChI=1S/C21H26FN3O/c1-23-17-9-10-19(20(22)16-17)21(26)8-5-11-24-12-14-25(15-13-24)18-6-3-2-4-7-18/h2-4,6-7,9-10,16,23H,5,8,11-15H2,1H3. The molecular weight excluding hydrogens is 329 g/mol. The first-order valence-electron chi connectivity index (χ1n) is 9.20. The second-order valence-corrected chi connectivity index (χ2v) is 6.64. The summed E-state index contributed by atoms with van der Waals surface area (Å²) < 4.78 is 14.0. The lowest BCUT2D eigenvalue weighted by Gasteiger charge is -2.36. The van der Waals surface area contributed by atoms with E-state index in [4.69, 9.17) is 0 Å². The number of Topliss-reactive ketones (excluding diaryl/α,β-unsaturated/α-hetero) is 1. The normalized spacial score (nSPS) is 15.1. The molecule has 1 N–H and O–H groups in total. The van der Waals surface area contributed by atoms with Gasteiger partial charge in [-0.1, -0.05) is 18.2 Å². The molecule has 2 aromatic carbocycles. The minimum atomic E-state index is -0.446. The van der Waals surface area contributed by atoms with Gasteiger partial charge < -0.3 is 10.2 Å². The molecule has 0 unspecified atom stereocenters. The zero-order chi connectivity index (χ0) is 18.4. The van der Waals surface area contributed by atoms with Gasteiger partial charge in [-0.2, -0.15) is 0 Å². The summed E-state index contributed by atoms with van der Waals surface area (Å²) in [6, 6.07) is 15.1. The Bertz CT molecular complexity index is 727. The van der Waals surface area contributed by atoms with Crippen LogP contribution in [0, 0.1) is 5.82 Å². The molecule has 2 aromatic rings. The van der Waals surface area contributed by atoms with Crippen LogP contribution in [0.1, 0.15) is 23.2 Å². The van der Waals surface area contributed by atoms with E-state index in [1.165, 1.54) is 11.8 Å². The average molecular weight is 355 g/mol. The van der Waals surface area contributed by atoms with Crippen LogP contribution in [-0.2, 0) is 0 Å². The first-order chi connectivity index (χ1) is 12.7. The van der Waals surface area contributed by atoms with E-state index >= 15 is 0 Å². The number of carbonyl (C=O) groups is 1. The molecule has 0 bridgehead atoms. The third kappa shape index (κ3) is 4.61. The number of piperazine rings is 1. The molecule has 0 atom stereocenters. The summed E-state index contributed by atoms with van der Waals surface area (Å²) in [5, 5.41) is 2.87. The number of benzene rings is 2. The van der Waals surface area contributed by atoms with E-state index < -0.39 is 5.82 Å². The monoisotopic (exact) mass is 355 g/mol. The summed E-state index contributed by atoms with van der Waals surface area (Å²) in [5.74, 6) is -0.564. The van der Waals surface area contributed by atoms with Crippen molar-refractivity contribution < 1.29 is 9.18 Å². The van der Waals surface area contributed by atoms with Crippen LogP contribution in [-0.4, -0.2) is 50.5 Å². The van der Waals surface area contributed by atoms with Crippen molar-refractivity contribution in [3.63, 3.8) is 0 Å². The molecule has 0 aromatic heterocycles. The van der Waals surface area contributed by atoms with Crippen molar-refractivity contribution in [3.05, 3.63) is 59.9 Å². The van der Waals surface area contributed by atoms with Crippen molar-refractivity contribution in [3.8, 4) is 0 Å². The molecule has 0 radical (unpaired) electrons. The molecule has 1 aliphatic heterocycles. The molecule has 3 rings (SSSR count). The van der Waals surface area contributed by atoms with E-state index in [9.17, 15) is 9.18 Å². The van der Waals surface area contributed by atoms with Crippen molar-refractivity contribution in [1.82, 2.24) is 4.90 Å². The van der Waals surface area contributed by atoms with Crippen LogP contribution >= 0.6 is 0 Å². The van der Waals surface area contributed by atoms with E-state index in [-0.39, 0.29) is 11.3 Å². The van der Waals surface area contributed by atoms with E-state index in [1.54, 1.807) is 19.2 Å². The summed E-state index contributed by atoms with van der Waals surface area (Å²) >= 11 is 0. The third-order valence-electron chi connectivity index (χ3n) is 4.93. The molecule has 0 spiro atoms. The second kappa shape index (κ2) is 8.81. The Morgan fingerprint density at radius 2 is 1.81 bits per heavy atom. The quantitative estimate of drug-likeness (QED) is 0.769. The molecule has 0 saturated carbocycles. The van der Waals surface area contributed by atoms with Gasteiger partial charge in [-0.15, -0.1) is 0 Å². The van der Waals surface area contributed by atoms with Gasteiger partial charge in [0.2, 0.25) is 0 Å². The fourth-order valence-corrected chi connectivity index (χ4v) is 3.36. The number of nitrogens with one attached hydrogen (secondary N) is 1. The molecule has 1 aliphatic rings. The third-order valence-corrected chi connectivity index (χ3v) is 4.93. The Morgan fingerprint density at radius 1 is 1.08 bits per heavy atom. The van der Waals surface area contributed by atoms with Gasteiger partial charge in [-0.3, -0.25) is 9.69 Å². The molecule has 26 heavy (non-hydrogen) atoms. The molecule has 0 amide bonds. The lowest BCUT2D eigenvalue weighted by Crippen LogP contribution is -2.46. The van der Waals surface area contributed by atoms with Crippen molar-refractivity contribution in [2.45, 2.75) is 12.8 Å². The van der Waals surface area contributed by atoms with Gasteiger partial charge in [0, 0.05) is 51.0 Å². The average Bonchev–Trinajstić information content (AvgIpc) is 2.69.